The Morgan fingerprint density at radius 2 is 1.62 bits per heavy atom. The molecule has 1 N–H and O–H groups in total. The van der Waals surface area contributed by atoms with Gasteiger partial charge in [-0.3, -0.25) is 14.3 Å². The van der Waals surface area contributed by atoms with E-state index in [0.29, 0.717) is 11.4 Å². The van der Waals surface area contributed by atoms with E-state index < -0.39 is 21.9 Å². The molecule has 0 heterocycles. The number of sulfonamides is 1. The van der Waals surface area contributed by atoms with Gasteiger partial charge in [0.1, 0.15) is 5.75 Å². The van der Waals surface area contributed by atoms with Gasteiger partial charge in [-0.1, -0.05) is 36.4 Å². The maximum atomic E-state index is 13.3. The van der Waals surface area contributed by atoms with Crippen molar-refractivity contribution >= 4 is 27.6 Å². The predicted octanol–water partition coefficient (Wildman–Crippen LogP) is 3.70. The molecule has 3 aromatic carbocycles. The summed E-state index contributed by atoms with van der Waals surface area (Å²) in [7, 11) is -1.13. The van der Waals surface area contributed by atoms with E-state index in [2.05, 4.69) is 4.72 Å². The Balaban J connectivity index is 1.83. The van der Waals surface area contributed by atoms with Crippen LogP contribution in [0, 0.1) is 0 Å². The van der Waals surface area contributed by atoms with Crippen molar-refractivity contribution in [3.05, 3.63) is 90.0 Å². The zero-order chi connectivity index (χ0) is 24.6. The van der Waals surface area contributed by atoms with Crippen LogP contribution < -0.4 is 9.46 Å². The van der Waals surface area contributed by atoms with Crippen LogP contribution in [-0.2, 0) is 26.1 Å². The van der Waals surface area contributed by atoms with E-state index in [0.717, 1.165) is 5.56 Å². The summed E-state index contributed by atoms with van der Waals surface area (Å²) in [6.45, 7) is 0.388. The number of hydrogen-bond acceptors (Lipinski definition) is 6. The molecule has 0 unspecified atom stereocenters. The van der Waals surface area contributed by atoms with Crippen LogP contribution >= 0.6 is 0 Å². The number of rotatable bonds is 10. The molecule has 0 saturated carbocycles. The van der Waals surface area contributed by atoms with Crippen LogP contribution in [0.15, 0.2) is 83.8 Å². The van der Waals surface area contributed by atoms with E-state index in [-0.39, 0.29) is 30.0 Å². The SMILES string of the molecule is COC(=O)CCN(Cc1ccccc1)C(=O)c1cccc(S(=O)(=O)Nc2ccc(OC)cc2)c1. The van der Waals surface area contributed by atoms with Gasteiger partial charge in [0.2, 0.25) is 0 Å². The summed E-state index contributed by atoms with van der Waals surface area (Å²) >= 11 is 0. The minimum Gasteiger partial charge on any atom is -0.497 e. The van der Waals surface area contributed by atoms with Crippen molar-refractivity contribution in [2.45, 2.75) is 17.9 Å². The number of ether oxygens (including phenoxy) is 2. The molecule has 34 heavy (non-hydrogen) atoms. The summed E-state index contributed by atoms with van der Waals surface area (Å²) < 4.78 is 38.1. The van der Waals surface area contributed by atoms with Gasteiger partial charge in [0.15, 0.2) is 0 Å². The number of nitrogens with zero attached hydrogens (tertiary/aromatic N) is 1. The number of carbonyl (C=O) groups is 2. The van der Waals surface area contributed by atoms with Gasteiger partial charge in [-0.05, 0) is 48.0 Å². The van der Waals surface area contributed by atoms with E-state index in [9.17, 15) is 18.0 Å². The van der Waals surface area contributed by atoms with E-state index in [4.69, 9.17) is 9.47 Å². The number of carbonyl (C=O) groups excluding carboxylic acids is 2. The second-order valence-electron chi connectivity index (χ2n) is 7.40. The normalized spacial score (nSPS) is 10.9. The van der Waals surface area contributed by atoms with E-state index in [1.807, 2.05) is 30.3 Å². The van der Waals surface area contributed by atoms with E-state index in [1.165, 1.54) is 37.3 Å². The first-order chi connectivity index (χ1) is 16.3. The molecule has 0 aromatic heterocycles. The zero-order valence-electron chi connectivity index (χ0n) is 18.9. The van der Waals surface area contributed by atoms with Crippen LogP contribution in [0.25, 0.3) is 0 Å². The summed E-state index contributed by atoms with van der Waals surface area (Å²) in [5.74, 6) is -0.235. The molecule has 0 aliphatic heterocycles. The molecule has 9 heteroatoms. The number of hydrogen-bond donors (Lipinski definition) is 1. The fraction of sp³-hybridized carbons (Fsp3) is 0.200. The number of amides is 1. The standard InChI is InChI=1S/C25H26N2O6S/c1-32-22-13-11-21(12-14-22)26-34(30,31)23-10-6-9-20(17-23)25(29)27(16-15-24(28)33-2)18-19-7-4-3-5-8-19/h3-14,17,26H,15-16,18H2,1-2H3. The summed E-state index contributed by atoms with van der Waals surface area (Å²) in [6, 6.07) is 21.6. The Morgan fingerprint density at radius 3 is 2.26 bits per heavy atom. The Morgan fingerprint density at radius 1 is 0.912 bits per heavy atom. The van der Waals surface area contributed by atoms with Gasteiger partial charge in [0.25, 0.3) is 15.9 Å². The highest BCUT2D eigenvalue weighted by molar-refractivity contribution is 7.92. The average molecular weight is 483 g/mol. The van der Waals surface area contributed by atoms with Gasteiger partial charge in [-0.2, -0.15) is 0 Å². The maximum Gasteiger partial charge on any atom is 0.307 e. The maximum absolute atomic E-state index is 13.3. The number of nitrogens with one attached hydrogen (secondary N) is 1. The third-order valence-electron chi connectivity index (χ3n) is 5.05. The molecule has 0 bridgehead atoms. The van der Waals surface area contributed by atoms with Gasteiger partial charge in [0, 0.05) is 24.3 Å². The first kappa shape index (κ1) is 24.8. The largest absolute Gasteiger partial charge is 0.497 e. The van der Waals surface area contributed by atoms with Gasteiger partial charge in [0.05, 0.1) is 25.5 Å². The molecule has 178 valence electrons. The van der Waals surface area contributed by atoms with Crippen molar-refractivity contribution in [2.24, 2.45) is 0 Å². The van der Waals surface area contributed by atoms with Crippen LogP contribution in [0.2, 0.25) is 0 Å². The van der Waals surface area contributed by atoms with Crippen molar-refractivity contribution < 1.29 is 27.5 Å². The lowest BCUT2D eigenvalue weighted by atomic mass is 10.1. The van der Waals surface area contributed by atoms with E-state index >= 15 is 0 Å². The molecule has 8 nitrogen and oxygen atoms in total. The van der Waals surface area contributed by atoms with Crippen molar-refractivity contribution in [3.63, 3.8) is 0 Å². The highest BCUT2D eigenvalue weighted by atomic mass is 32.2. The Labute approximate surface area is 199 Å². The Kier molecular flexibility index (Phi) is 8.26. The molecule has 0 aliphatic carbocycles. The minimum absolute atomic E-state index is 0.0199. The molecule has 0 aliphatic rings. The fourth-order valence-electron chi connectivity index (χ4n) is 3.24. The third kappa shape index (κ3) is 6.58. The Bertz CT molecular complexity index is 1230. The van der Waals surface area contributed by atoms with Gasteiger partial charge >= 0.3 is 5.97 Å². The molecular formula is C25H26N2O6S. The topological polar surface area (TPSA) is 102 Å². The van der Waals surface area contributed by atoms with Crippen LogP contribution in [0.1, 0.15) is 22.3 Å². The average Bonchev–Trinajstić information content (AvgIpc) is 2.86. The molecule has 0 saturated heterocycles. The second-order valence-corrected chi connectivity index (χ2v) is 9.08. The lowest BCUT2D eigenvalue weighted by molar-refractivity contribution is -0.140. The summed E-state index contributed by atoms with van der Waals surface area (Å²) in [6.07, 6.45) is 0.0199. The lowest BCUT2D eigenvalue weighted by Gasteiger charge is -2.23. The zero-order valence-corrected chi connectivity index (χ0v) is 19.7. The van der Waals surface area contributed by atoms with Crippen LogP contribution in [0.4, 0.5) is 5.69 Å². The first-order valence-electron chi connectivity index (χ1n) is 10.5. The van der Waals surface area contributed by atoms with Crippen molar-refractivity contribution in [2.75, 3.05) is 25.5 Å². The second kappa shape index (κ2) is 11.3. The summed E-state index contributed by atoms with van der Waals surface area (Å²) in [5, 5.41) is 0. The van der Waals surface area contributed by atoms with Gasteiger partial charge in [-0.15, -0.1) is 0 Å². The summed E-state index contributed by atoms with van der Waals surface area (Å²) in [4.78, 5) is 26.4. The molecule has 1 amide bonds. The smallest absolute Gasteiger partial charge is 0.307 e. The van der Waals surface area contributed by atoms with Gasteiger partial charge < -0.3 is 14.4 Å². The van der Waals surface area contributed by atoms with Crippen molar-refractivity contribution in [1.29, 1.82) is 0 Å². The molecular weight excluding hydrogens is 456 g/mol. The molecule has 3 aromatic rings. The number of esters is 1. The number of benzene rings is 3. The minimum atomic E-state index is -3.94. The number of methoxy groups -OCH3 is 2. The number of anilines is 1. The summed E-state index contributed by atoms with van der Waals surface area (Å²) in [5.41, 5.74) is 1.44. The third-order valence-corrected chi connectivity index (χ3v) is 6.43. The quantitative estimate of drug-likeness (QED) is 0.442. The molecule has 0 atom stereocenters. The monoisotopic (exact) mass is 482 g/mol. The molecule has 0 spiro atoms. The van der Waals surface area contributed by atoms with Crippen LogP contribution in [0.5, 0.6) is 5.75 Å². The Hall–Kier alpha value is -3.85. The van der Waals surface area contributed by atoms with Crippen molar-refractivity contribution in [1.82, 2.24) is 4.90 Å². The molecule has 3 rings (SSSR count). The highest BCUT2D eigenvalue weighted by Gasteiger charge is 2.21. The van der Waals surface area contributed by atoms with Gasteiger partial charge in [-0.25, -0.2) is 8.42 Å². The van der Waals surface area contributed by atoms with Crippen LogP contribution in [0.3, 0.4) is 0 Å². The highest BCUT2D eigenvalue weighted by Crippen LogP contribution is 2.21. The predicted molar refractivity (Wildman–Crippen MR) is 128 cm³/mol. The van der Waals surface area contributed by atoms with Crippen LogP contribution in [-0.4, -0.2) is 46.0 Å². The lowest BCUT2D eigenvalue weighted by Crippen LogP contribution is -2.33. The first-order valence-corrected chi connectivity index (χ1v) is 12.0. The molecule has 0 fully saturated rings. The fourth-order valence-corrected chi connectivity index (χ4v) is 4.34. The van der Waals surface area contributed by atoms with Crippen molar-refractivity contribution in [3.8, 4) is 5.75 Å². The molecule has 0 radical (unpaired) electrons. The van der Waals surface area contributed by atoms with E-state index in [1.54, 1.807) is 30.3 Å².